The molecular formula is C19H27NO6S. The van der Waals surface area contributed by atoms with Gasteiger partial charge in [0.25, 0.3) is 0 Å². The molecule has 0 aliphatic carbocycles. The summed E-state index contributed by atoms with van der Waals surface area (Å²) in [5.41, 5.74) is 0. The summed E-state index contributed by atoms with van der Waals surface area (Å²) in [5.74, 6) is 0.121. The summed E-state index contributed by atoms with van der Waals surface area (Å²) in [5, 5.41) is 8.79. The van der Waals surface area contributed by atoms with Gasteiger partial charge in [0, 0.05) is 32.2 Å². The zero-order valence-corrected chi connectivity index (χ0v) is 16.4. The Morgan fingerprint density at radius 3 is 2.56 bits per heavy atom. The second-order valence-corrected chi connectivity index (χ2v) is 8.99. The van der Waals surface area contributed by atoms with Crippen LogP contribution in [-0.4, -0.2) is 56.3 Å². The van der Waals surface area contributed by atoms with Crippen molar-refractivity contribution < 1.29 is 27.9 Å². The number of amides is 1. The van der Waals surface area contributed by atoms with Gasteiger partial charge in [-0.05, 0) is 55.9 Å². The van der Waals surface area contributed by atoms with Crippen LogP contribution in [0.2, 0.25) is 0 Å². The Morgan fingerprint density at radius 1 is 1.22 bits per heavy atom. The van der Waals surface area contributed by atoms with Gasteiger partial charge in [0.15, 0.2) is 9.84 Å². The van der Waals surface area contributed by atoms with Gasteiger partial charge in [0.2, 0.25) is 5.91 Å². The zero-order valence-electron chi connectivity index (χ0n) is 15.6. The smallest absolute Gasteiger partial charge is 0.303 e. The van der Waals surface area contributed by atoms with Gasteiger partial charge in [0.1, 0.15) is 5.75 Å². The fourth-order valence-electron chi connectivity index (χ4n) is 3.21. The van der Waals surface area contributed by atoms with Crippen molar-refractivity contribution in [1.29, 1.82) is 0 Å². The maximum absolute atomic E-state index is 12.3. The number of carbonyl (C=O) groups excluding carboxylic acids is 1. The number of rotatable bonds is 9. The summed E-state index contributed by atoms with van der Waals surface area (Å²) in [7, 11) is -3.22. The van der Waals surface area contributed by atoms with Crippen LogP contribution in [0.15, 0.2) is 29.2 Å². The predicted octanol–water partition coefficient (Wildman–Crippen LogP) is 2.35. The largest absolute Gasteiger partial charge is 0.494 e. The fraction of sp³-hybridized carbons (Fsp3) is 0.579. The summed E-state index contributed by atoms with van der Waals surface area (Å²) in [6.07, 6.45) is 4.77. The Labute approximate surface area is 160 Å². The highest BCUT2D eigenvalue weighted by molar-refractivity contribution is 7.90. The summed E-state index contributed by atoms with van der Waals surface area (Å²) in [6, 6.07) is 6.22. The van der Waals surface area contributed by atoms with E-state index in [0.717, 1.165) is 25.6 Å². The average molecular weight is 397 g/mol. The molecule has 0 saturated carbocycles. The van der Waals surface area contributed by atoms with Crippen LogP contribution in [0.5, 0.6) is 5.75 Å². The minimum Gasteiger partial charge on any atom is -0.494 e. The van der Waals surface area contributed by atoms with E-state index in [1.807, 2.05) is 4.90 Å². The third kappa shape index (κ3) is 7.21. The molecule has 1 aromatic carbocycles. The van der Waals surface area contributed by atoms with E-state index in [0.29, 0.717) is 38.2 Å². The normalized spacial score (nSPS) is 17.5. The van der Waals surface area contributed by atoms with Crippen molar-refractivity contribution in [1.82, 2.24) is 4.90 Å². The van der Waals surface area contributed by atoms with Gasteiger partial charge in [-0.3, -0.25) is 9.59 Å². The second kappa shape index (κ2) is 9.73. The van der Waals surface area contributed by atoms with Crippen LogP contribution in [0.25, 0.3) is 0 Å². The lowest BCUT2D eigenvalue weighted by Gasteiger charge is -2.32. The molecule has 1 heterocycles. The summed E-state index contributed by atoms with van der Waals surface area (Å²) < 4.78 is 28.4. The molecule has 27 heavy (non-hydrogen) atoms. The summed E-state index contributed by atoms with van der Waals surface area (Å²) >= 11 is 0. The number of benzene rings is 1. The molecule has 1 fully saturated rings. The monoisotopic (exact) mass is 397 g/mol. The van der Waals surface area contributed by atoms with E-state index in [2.05, 4.69) is 0 Å². The lowest BCUT2D eigenvalue weighted by atomic mass is 9.93. The van der Waals surface area contributed by atoms with Crippen molar-refractivity contribution >= 4 is 21.7 Å². The molecule has 1 aliphatic rings. The molecule has 1 atom stereocenters. The molecule has 1 unspecified atom stereocenters. The number of carbonyl (C=O) groups is 2. The third-order valence-electron chi connectivity index (χ3n) is 4.69. The molecule has 1 amide bonds. The number of carboxylic acids is 1. The van der Waals surface area contributed by atoms with Gasteiger partial charge in [-0.15, -0.1) is 0 Å². The van der Waals surface area contributed by atoms with Gasteiger partial charge in [0.05, 0.1) is 11.5 Å². The van der Waals surface area contributed by atoms with Crippen LogP contribution < -0.4 is 4.74 Å². The lowest BCUT2D eigenvalue weighted by Crippen LogP contribution is -2.40. The van der Waals surface area contributed by atoms with Crippen LogP contribution in [0.4, 0.5) is 0 Å². The number of nitrogens with zero attached hydrogens (tertiary/aromatic N) is 1. The van der Waals surface area contributed by atoms with Crippen LogP contribution in [-0.2, 0) is 19.4 Å². The van der Waals surface area contributed by atoms with Crippen molar-refractivity contribution in [2.75, 3.05) is 26.0 Å². The number of hydrogen-bond acceptors (Lipinski definition) is 5. The van der Waals surface area contributed by atoms with Crippen LogP contribution in [0.1, 0.15) is 38.5 Å². The van der Waals surface area contributed by atoms with Crippen molar-refractivity contribution in [3.8, 4) is 5.75 Å². The molecule has 1 saturated heterocycles. The molecule has 0 bridgehead atoms. The van der Waals surface area contributed by atoms with E-state index >= 15 is 0 Å². The molecule has 150 valence electrons. The SMILES string of the molecule is CS(=O)(=O)c1ccc(OCCCC(=O)N2CCCC(CCC(=O)O)C2)cc1. The van der Waals surface area contributed by atoms with Gasteiger partial charge < -0.3 is 14.7 Å². The Balaban J connectivity index is 1.70. The first-order valence-electron chi connectivity index (χ1n) is 9.18. The number of piperidine rings is 1. The number of carboxylic acid groups (broad SMARTS) is 1. The van der Waals surface area contributed by atoms with Crippen molar-refractivity contribution in [3.05, 3.63) is 24.3 Å². The topological polar surface area (TPSA) is 101 Å². The van der Waals surface area contributed by atoms with Crippen LogP contribution in [0.3, 0.4) is 0 Å². The van der Waals surface area contributed by atoms with E-state index in [-0.39, 0.29) is 23.1 Å². The Bertz CT molecular complexity index is 744. The number of hydrogen-bond donors (Lipinski definition) is 1. The van der Waals surface area contributed by atoms with Gasteiger partial charge in [-0.2, -0.15) is 0 Å². The number of ether oxygens (including phenoxy) is 1. The second-order valence-electron chi connectivity index (χ2n) is 6.98. The first kappa shape index (κ1) is 21.2. The highest BCUT2D eigenvalue weighted by Gasteiger charge is 2.23. The quantitative estimate of drug-likeness (QED) is 0.642. The van der Waals surface area contributed by atoms with Crippen molar-refractivity contribution in [3.63, 3.8) is 0 Å². The molecule has 7 nitrogen and oxygen atoms in total. The minimum absolute atomic E-state index is 0.0750. The minimum atomic E-state index is -3.22. The van der Waals surface area contributed by atoms with Crippen LogP contribution >= 0.6 is 0 Å². The fourth-order valence-corrected chi connectivity index (χ4v) is 3.84. The Hall–Kier alpha value is -2.09. The van der Waals surface area contributed by atoms with Gasteiger partial charge in [-0.25, -0.2) is 8.42 Å². The standard InChI is InChI=1S/C19H27NO6S/c1-27(24,25)17-9-7-16(8-10-17)26-13-3-5-18(21)20-12-2-4-15(14-20)6-11-19(22)23/h7-10,15H,2-6,11-14H2,1H3,(H,22,23). The predicted molar refractivity (Wildman–Crippen MR) is 100 cm³/mol. The van der Waals surface area contributed by atoms with E-state index < -0.39 is 15.8 Å². The first-order valence-corrected chi connectivity index (χ1v) is 11.1. The molecule has 1 N–H and O–H groups in total. The maximum Gasteiger partial charge on any atom is 0.303 e. The van der Waals surface area contributed by atoms with E-state index in [9.17, 15) is 18.0 Å². The van der Waals surface area contributed by atoms with Crippen molar-refractivity contribution in [2.24, 2.45) is 5.92 Å². The molecule has 8 heteroatoms. The Morgan fingerprint density at radius 2 is 1.93 bits per heavy atom. The van der Waals surface area contributed by atoms with Crippen LogP contribution in [0, 0.1) is 5.92 Å². The zero-order chi connectivity index (χ0) is 19.9. The van der Waals surface area contributed by atoms with Crippen molar-refractivity contribution in [2.45, 2.75) is 43.4 Å². The number of likely N-dealkylation sites (tertiary alicyclic amines) is 1. The average Bonchev–Trinajstić information content (AvgIpc) is 2.63. The number of aliphatic carboxylic acids is 1. The van der Waals surface area contributed by atoms with E-state index in [1.54, 1.807) is 12.1 Å². The van der Waals surface area contributed by atoms with Gasteiger partial charge in [-0.1, -0.05) is 0 Å². The highest BCUT2D eigenvalue weighted by Crippen LogP contribution is 2.22. The Kier molecular flexibility index (Phi) is 7.65. The molecule has 0 radical (unpaired) electrons. The maximum atomic E-state index is 12.3. The first-order chi connectivity index (χ1) is 12.8. The lowest BCUT2D eigenvalue weighted by molar-refractivity contribution is -0.137. The highest BCUT2D eigenvalue weighted by atomic mass is 32.2. The molecule has 0 spiro atoms. The number of sulfone groups is 1. The van der Waals surface area contributed by atoms with E-state index in [1.165, 1.54) is 12.1 Å². The molecule has 0 aromatic heterocycles. The molecule has 1 aliphatic heterocycles. The summed E-state index contributed by atoms with van der Waals surface area (Å²) in [6.45, 7) is 1.75. The third-order valence-corrected chi connectivity index (χ3v) is 5.82. The molecule has 1 aromatic rings. The molecule has 2 rings (SSSR count). The molecular weight excluding hydrogens is 370 g/mol. The van der Waals surface area contributed by atoms with Gasteiger partial charge >= 0.3 is 5.97 Å². The summed E-state index contributed by atoms with van der Waals surface area (Å²) in [4.78, 5) is 25.1. The van der Waals surface area contributed by atoms with E-state index in [4.69, 9.17) is 9.84 Å².